The number of hydrogen-bond donors (Lipinski definition) is 3. The van der Waals surface area contributed by atoms with E-state index in [4.69, 9.17) is 11.6 Å². The maximum atomic E-state index is 12.6. The molecule has 3 N–H and O–H groups in total. The van der Waals surface area contributed by atoms with Crippen LogP contribution in [0.15, 0.2) is 48.5 Å². The average molecular weight is 368 g/mol. The first-order valence-electron chi connectivity index (χ1n) is 9.15. The molecule has 1 aliphatic carbocycles. The van der Waals surface area contributed by atoms with Crippen molar-refractivity contribution in [2.24, 2.45) is 0 Å². The first-order valence-corrected chi connectivity index (χ1v) is 9.52. The van der Waals surface area contributed by atoms with E-state index in [9.17, 15) is 4.79 Å². The van der Waals surface area contributed by atoms with Crippen LogP contribution < -0.4 is 10.6 Å². The van der Waals surface area contributed by atoms with Gasteiger partial charge in [0.1, 0.15) is 5.69 Å². The Morgan fingerprint density at radius 3 is 2.38 bits per heavy atom. The molecule has 3 aromatic rings. The summed E-state index contributed by atoms with van der Waals surface area (Å²) in [4.78, 5) is 15.7. The molecule has 2 aromatic carbocycles. The van der Waals surface area contributed by atoms with Crippen molar-refractivity contribution in [1.29, 1.82) is 0 Å². The summed E-state index contributed by atoms with van der Waals surface area (Å²) in [7, 11) is 0. The first-order chi connectivity index (χ1) is 12.7. The number of nitrogens with one attached hydrogen (secondary N) is 3. The molecule has 0 unspecified atom stereocenters. The Labute approximate surface area is 157 Å². The third kappa shape index (κ3) is 3.56. The van der Waals surface area contributed by atoms with Crippen LogP contribution in [-0.2, 0) is 0 Å². The second-order valence-corrected chi connectivity index (χ2v) is 7.25. The Kier molecular flexibility index (Phi) is 4.85. The fraction of sp³-hybridized carbons (Fsp3) is 0.286. The third-order valence-corrected chi connectivity index (χ3v) is 5.38. The van der Waals surface area contributed by atoms with Crippen molar-refractivity contribution in [3.63, 3.8) is 0 Å². The molecular formula is C21H22ClN3O. The maximum Gasteiger partial charge on any atom is 0.273 e. The van der Waals surface area contributed by atoms with Crippen molar-refractivity contribution in [3.05, 3.63) is 59.2 Å². The van der Waals surface area contributed by atoms with E-state index in [1.54, 1.807) is 0 Å². The van der Waals surface area contributed by atoms with Crippen LogP contribution in [0, 0.1) is 0 Å². The number of aromatic amines is 1. The average Bonchev–Trinajstić information content (AvgIpc) is 3.01. The molecule has 1 aromatic heterocycles. The Hall–Kier alpha value is -2.46. The summed E-state index contributed by atoms with van der Waals surface area (Å²) in [6.45, 7) is 0. The van der Waals surface area contributed by atoms with Crippen molar-refractivity contribution < 1.29 is 4.79 Å². The van der Waals surface area contributed by atoms with Gasteiger partial charge in [0, 0.05) is 28.3 Å². The highest BCUT2D eigenvalue weighted by Crippen LogP contribution is 2.28. The maximum absolute atomic E-state index is 12.6. The van der Waals surface area contributed by atoms with Crippen LogP contribution in [-0.4, -0.2) is 16.9 Å². The van der Waals surface area contributed by atoms with Crippen LogP contribution in [0.4, 0.5) is 11.4 Å². The standard InChI is InChI=1S/C21H22ClN3O/c22-19-17-8-4-5-9-18(17)25-20(19)21(26)24-16-12-10-15(11-13-16)23-14-6-2-1-3-7-14/h4-5,8-14,23,25H,1-3,6-7H2,(H,24,26). The number of amides is 1. The van der Waals surface area contributed by atoms with Gasteiger partial charge in [-0.1, -0.05) is 49.1 Å². The van der Waals surface area contributed by atoms with Gasteiger partial charge < -0.3 is 15.6 Å². The quantitative estimate of drug-likeness (QED) is 0.544. The number of carbonyl (C=O) groups is 1. The van der Waals surface area contributed by atoms with E-state index in [1.165, 1.54) is 32.1 Å². The minimum absolute atomic E-state index is 0.237. The van der Waals surface area contributed by atoms with Gasteiger partial charge in [-0.25, -0.2) is 0 Å². The highest BCUT2D eigenvalue weighted by atomic mass is 35.5. The fourth-order valence-corrected chi connectivity index (χ4v) is 3.89. The number of anilines is 2. The first kappa shape index (κ1) is 17.0. The number of H-pyrrole nitrogens is 1. The number of hydrogen-bond acceptors (Lipinski definition) is 2. The zero-order chi connectivity index (χ0) is 17.9. The lowest BCUT2D eigenvalue weighted by molar-refractivity contribution is 0.102. The van der Waals surface area contributed by atoms with Gasteiger partial charge in [0.2, 0.25) is 0 Å². The molecule has 1 aliphatic rings. The summed E-state index contributed by atoms with van der Waals surface area (Å²) in [5.41, 5.74) is 3.09. The molecule has 5 heteroatoms. The molecule has 0 spiro atoms. The van der Waals surface area contributed by atoms with Gasteiger partial charge in [-0.15, -0.1) is 0 Å². The van der Waals surface area contributed by atoms with Crippen molar-refractivity contribution in [2.45, 2.75) is 38.1 Å². The van der Waals surface area contributed by atoms with Crippen LogP contribution in [0.1, 0.15) is 42.6 Å². The number of fused-ring (bicyclic) bond motifs is 1. The van der Waals surface area contributed by atoms with Crippen LogP contribution in [0.2, 0.25) is 5.02 Å². The molecule has 4 nitrogen and oxygen atoms in total. The number of aromatic nitrogens is 1. The highest BCUT2D eigenvalue weighted by molar-refractivity contribution is 6.39. The Morgan fingerprint density at radius 2 is 1.65 bits per heavy atom. The van der Waals surface area contributed by atoms with Gasteiger partial charge in [0.05, 0.1) is 5.02 Å². The van der Waals surface area contributed by atoms with Crippen LogP contribution >= 0.6 is 11.6 Å². The van der Waals surface area contributed by atoms with Crippen molar-refractivity contribution in [3.8, 4) is 0 Å². The molecule has 1 amide bonds. The number of para-hydroxylation sites is 1. The monoisotopic (exact) mass is 367 g/mol. The predicted molar refractivity (Wildman–Crippen MR) is 108 cm³/mol. The van der Waals surface area contributed by atoms with Crippen molar-refractivity contribution in [1.82, 2.24) is 4.98 Å². The SMILES string of the molecule is O=C(Nc1ccc(NC2CCCCC2)cc1)c1[nH]c2ccccc2c1Cl. The van der Waals surface area contributed by atoms with Crippen molar-refractivity contribution in [2.75, 3.05) is 10.6 Å². The summed E-state index contributed by atoms with van der Waals surface area (Å²) < 4.78 is 0. The molecule has 1 heterocycles. The number of benzene rings is 2. The molecule has 0 bridgehead atoms. The lowest BCUT2D eigenvalue weighted by Gasteiger charge is -2.23. The summed E-state index contributed by atoms with van der Waals surface area (Å²) in [6.07, 6.45) is 6.42. The third-order valence-electron chi connectivity index (χ3n) is 4.99. The van der Waals surface area contributed by atoms with Gasteiger partial charge in [-0.3, -0.25) is 4.79 Å². The normalized spacial score (nSPS) is 15.1. The van der Waals surface area contributed by atoms with E-state index in [1.807, 2.05) is 48.5 Å². The molecule has 0 saturated heterocycles. The van der Waals surface area contributed by atoms with Gasteiger partial charge in [-0.05, 0) is 43.2 Å². The molecule has 0 aliphatic heterocycles. The second kappa shape index (κ2) is 7.42. The molecule has 0 atom stereocenters. The lowest BCUT2D eigenvalue weighted by atomic mass is 9.95. The smallest absolute Gasteiger partial charge is 0.273 e. The predicted octanol–water partition coefficient (Wildman–Crippen LogP) is 5.82. The number of rotatable bonds is 4. The summed E-state index contributed by atoms with van der Waals surface area (Å²) >= 11 is 6.35. The topological polar surface area (TPSA) is 56.9 Å². The summed E-state index contributed by atoms with van der Waals surface area (Å²) in [6, 6.07) is 16.0. The van der Waals surface area contributed by atoms with E-state index in [-0.39, 0.29) is 5.91 Å². The minimum atomic E-state index is -0.237. The van der Waals surface area contributed by atoms with Crippen LogP contribution in [0.25, 0.3) is 10.9 Å². The van der Waals surface area contributed by atoms with Gasteiger partial charge in [-0.2, -0.15) is 0 Å². The minimum Gasteiger partial charge on any atom is -0.382 e. The zero-order valence-electron chi connectivity index (χ0n) is 14.5. The highest BCUT2D eigenvalue weighted by Gasteiger charge is 2.16. The molecule has 4 rings (SSSR count). The number of carbonyl (C=O) groups excluding carboxylic acids is 1. The zero-order valence-corrected chi connectivity index (χ0v) is 15.3. The fourth-order valence-electron chi connectivity index (χ4n) is 3.59. The molecule has 26 heavy (non-hydrogen) atoms. The molecule has 134 valence electrons. The van der Waals surface area contributed by atoms with Gasteiger partial charge in [0.25, 0.3) is 5.91 Å². The largest absolute Gasteiger partial charge is 0.382 e. The Morgan fingerprint density at radius 1 is 0.962 bits per heavy atom. The lowest BCUT2D eigenvalue weighted by Crippen LogP contribution is -2.22. The molecule has 1 saturated carbocycles. The van der Waals surface area contributed by atoms with E-state index in [2.05, 4.69) is 15.6 Å². The van der Waals surface area contributed by atoms with Crippen LogP contribution in [0.5, 0.6) is 0 Å². The van der Waals surface area contributed by atoms with E-state index in [0.29, 0.717) is 16.8 Å². The molecular weight excluding hydrogens is 346 g/mol. The van der Waals surface area contributed by atoms with E-state index < -0.39 is 0 Å². The Balaban J connectivity index is 1.44. The van der Waals surface area contributed by atoms with Gasteiger partial charge in [0.15, 0.2) is 0 Å². The van der Waals surface area contributed by atoms with E-state index in [0.717, 1.165) is 22.3 Å². The number of halogens is 1. The second-order valence-electron chi connectivity index (χ2n) is 6.87. The molecule has 1 fully saturated rings. The van der Waals surface area contributed by atoms with Gasteiger partial charge >= 0.3 is 0 Å². The summed E-state index contributed by atoms with van der Waals surface area (Å²) in [5.74, 6) is -0.237. The molecule has 0 radical (unpaired) electrons. The Bertz CT molecular complexity index is 911. The summed E-state index contributed by atoms with van der Waals surface area (Å²) in [5, 5.41) is 7.79. The van der Waals surface area contributed by atoms with Crippen molar-refractivity contribution >= 4 is 39.8 Å². The van der Waals surface area contributed by atoms with Crippen LogP contribution in [0.3, 0.4) is 0 Å². The van der Waals surface area contributed by atoms with E-state index >= 15 is 0 Å².